The third-order valence-electron chi connectivity index (χ3n) is 4.00. The van der Waals surface area contributed by atoms with Gasteiger partial charge in [-0.3, -0.25) is 9.69 Å². The molecule has 0 aliphatic carbocycles. The summed E-state index contributed by atoms with van der Waals surface area (Å²) in [6.07, 6.45) is 0.334. The lowest BCUT2D eigenvalue weighted by Gasteiger charge is -2.38. The van der Waals surface area contributed by atoms with Crippen molar-refractivity contribution in [1.29, 1.82) is 0 Å². The smallest absolute Gasteiger partial charge is 0.237 e. The number of hydrogen-bond donors (Lipinski definition) is 1. The number of methoxy groups -OCH3 is 1. The van der Waals surface area contributed by atoms with Crippen molar-refractivity contribution in [3.8, 4) is 5.75 Å². The third-order valence-corrected chi connectivity index (χ3v) is 4.00. The van der Waals surface area contributed by atoms with Crippen molar-refractivity contribution < 1.29 is 14.3 Å². The highest BCUT2D eigenvalue weighted by Gasteiger charge is 2.29. The van der Waals surface area contributed by atoms with E-state index < -0.39 is 0 Å². The Morgan fingerprint density at radius 2 is 1.91 bits per heavy atom. The summed E-state index contributed by atoms with van der Waals surface area (Å²) in [5.41, 5.74) is 1.06. The van der Waals surface area contributed by atoms with E-state index in [1.807, 2.05) is 45.0 Å². The number of hydrogen-bond acceptors (Lipinski definition) is 4. The van der Waals surface area contributed by atoms with Gasteiger partial charge in [0.15, 0.2) is 0 Å². The fourth-order valence-corrected chi connectivity index (χ4v) is 2.78. The molecule has 1 aromatic carbocycles. The summed E-state index contributed by atoms with van der Waals surface area (Å²) in [6.45, 7) is 8.16. The molecule has 1 aliphatic heterocycles. The van der Waals surface area contributed by atoms with Crippen molar-refractivity contribution in [2.75, 3.05) is 20.2 Å². The van der Waals surface area contributed by atoms with Crippen LogP contribution in [-0.2, 0) is 16.1 Å². The van der Waals surface area contributed by atoms with E-state index in [9.17, 15) is 4.79 Å². The Morgan fingerprint density at radius 3 is 2.45 bits per heavy atom. The summed E-state index contributed by atoms with van der Waals surface area (Å²) >= 11 is 0. The van der Waals surface area contributed by atoms with Gasteiger partial charge in [0.2, 0.25) is 5.91 Å². The highest BCUT2D eigenvalue weighted by Crippen LogP contribution is 2.14. The Hall–Kier alpha value is -1.59. The predicted molar refractivity (Wildman–Crippen MR) is 85.9 cm³/mol. The summed E-state index contributed by atoms with van der Waals surface area (Å²) in [5.74, 6) is 0.872. The molecule has 5 heteroatoms. The van der Waals surface area contributed by atoms with Crippen molar-refractivity contribution in [1.82, 2.24) is 10.2 Å². The van der Waals surface area contributed by atoms with Gasteiger partial charge < -0.3 is 14.8 Å². The zero-order valence-corrected chi connectivity index (χ0v) is 13.8. The predicted octanol–water partition coefficient (Wildman–Crippen LogP) is 1.81. The Labute approximate surface area is 132 Å². The van der Waals surface area contributed by atoms with Gasteiger partial charge in [-0.05, 0) is 38.5 Å². The second kappa shape index (κ2) is 7.61. The average molecular weight is 306 g/mol. The number of carbonyl (C=O) groups excluding carboxylic acids is 1. The van der Waals surface area contributed by atoms with Gasteiger partial charge in [0.25, 0.3) is 0 Å². The summed E-state index contributed by atoms with van der Waals surface area (Å²) in [4.78, 5) is 14.5. The Morgan fingerprint density at radius 1 is 1.32 bits per heavy atom. The van der Waals surface area contributed by atoms with E-state index in [-0.39, 0.29) is 24.2 Å². The number of nitrogens with zero attached hydrogens (tertiary/aromatic N) is 1. The number of ether oxygens (including phenoxy) is 2. The largest absolute Gasteiger partial charge is 0.497 e. The first-order valence-corrected chi connectivity index (χ1v) is 7.79. The van der Waals surface area contributed by atoms with Gasteiger partial charge in [0, 0.05) is 19.6 Å². The molecule has 122 valence electrons. The first kappa shape index (κ1) is 16.8. The summed E-state index contributed by atoms with van der Waals surface area (Å²) in [7, 11) is 1.64. The molecule has 1 amide bonds. The minimum absolute atomic E-state index is 0.0529. The van der Waals surface area contributed by atoms with Crippen LogP contribution in [0.4, 0.5) is 0 Å². The van der Waals surface area contributed by atoms with E-state index in [2.05, 4.69) is 10.2 Å². The molecule has 5 nitrogen and oxygen atoms in total. The maximum absolute atomic E-state index is 12.3. The van der Waals surface area contributed by atoms with Crippen molar-refractivity contribution >= 4 is 5.91 Å². The summed E-state index contributed by atoms with van der Waals surface area (Å²) in [5, 5.41) is 3.00. The number of morpholine rings is 1. The van der Waals surface area contributed by atoms with E-state index in [0.29, 0.717) is 6.54 Å². The maximum atomic E-state index is 12.3. The van der Waals surface area contributed by atoms with Crippen LogP contribution in [0.1, 0.15) is 26.3 Å². The number of nitrogens with one attached hydrogen (secondary N) is 1. The number of carbonyl (C=O) groups is 1. The number of rotatable bonds is 5. The van der Waals surface area contributed by atoms with Crippen LogP contribution < -0.4 is 10.1 Å². The van der Waals surface area contributed by atoms with Crippen molar-refractivity contribution in [2.45, 2.75) is 45.6 Å². The lowest BCUT2D eigenvalue weighted by Crippen LogP contribution is -2.53. The van der Waals surface area contributed by atoms with E-state index in [0.717, 1.165) is 24.4 Å². The second-order valence-corrected chi connectivity index (χ2v) is 5.95. The first-order valence-electron chi connectivity index (χ1n) is 7.79. The lowest BCUT2D eigenvalue weighted by atomic mass is 10.1. The van der Waals surface area contributed by atoms with Crippen LogP contribution >= 0.6 is 0 Å². The van der Waals surface area contributed by atoms with Crippen molar-refractivity contribution in [3.05, 3.63) is 29.8 Å². The SMILES string of the molecule is COc1ccc(CNC(=O)[C@@H](C)N2C[C@H](C)O[C@@H](C)C2)cc1. The van der Waals surface area contributed by atoms with E-state index in [1.54, 1.807) is 7.11 Å². The molecular formula is C17H26N2O3. The maximum Gasteiger partial charge on any atom is 0.237 e. The zero-order valence-electron chi connectivity index (χ0n) is 13.8. The molecule has 1 saturated heterocycles. The molecule has 22 heavy (non-hydrogen) atoms. The summed E-state index contributed by atoms with van der Waals surface area (Å²) < 4.78 is 10.8. The second-order valence-electron chi connectivity index (χ2n) is 5.95. The number of benzene rings is 1. The zero-order chi connectivity index (χ0) is 16.1. The van der Waals surface area contributed by atoms with Crippen molar-refractivity contribution in [2.24, 2.45) is 0 Å². The van der Waals surface area contributed by atoms with Crippen LogP contribution in [0.2, 0.25) is 0 Å². The molecule has 1 fully saturated rings. The van der Waals surface area contributed by atoms with Gasteiger partial charge in [-0.2, -0.15) is 0 Å². The van der Waals surface area contributed by atoms with Crippen LogP contribution in [0.15, 0.2) is 24.3 Å². The molecule has 1 aromatic rings. The molecule has 0 saturated carbocycles. The minimum atomic E-state index is -0.146. The van der Waals surface area contributed by atoms with Crippen LogP contribution in [0.3, 0.4) is 0 Å². The van der Waals surface area contributed by atoms with Crippen LogP contribution in [0.5, 0.6) is 5.75 Å². The molecule has 1 aliphatic rings. The van der Waals surface area contributed by atoms with Gasteiger partial charge in [0.1, 0.15) is 5.75 Å². The highest BCUT2D eigenvalue weighted by atomic mass is 16.5. The highest BCUT2D eigenvalue weighted by molar-refractivity contribution is 5.81. The van der Waals surface area contributed by atoms with E-state index in [4.69, 9.17) is 9.47 Å². The monoisotopic (exact) mass is 306 g/mol. The quantitative estimate of drug-likeness (QED) is 0.901. The van der Waals surface area contributed by atoms with E-state index >= 15 is 0 Å². The molecule has 2 rings (SSSR count). The lowest BCUT2D eigenvalue weighted by molar-refractivity contribution is -0.131. The molecule has 1 N–H and O–H groups in total. The van der Waals surface area contributed by atoms with Crippen LogP contribution in [-0.4, -0.2) is 49.3 Å². The summed E-state index contributed by atoms with van der Waals surface area (Å²) in [6, 6.07) is 7.57. The standard InChI is InChI=1S/C17H26N2O3/c1-12-10-19(11-13(2)22-12)14(3)17(20)18-9-15-5-7-16(21-4)8-6-15/h5-8,12-14H,9-11H2,1-4H3,(H,18,20)/t12-,13-,14+/m0/s1. The molecule has 1 heterocycles. The fraction of sp³-hybridized carbons (Fsp3) is 0.588. The van der Waals surface area contributed by atoms with Crippen LogP contribution in [0.25, 0.3) is 0 Å². The first-order chi connectivity index (χ1) is 10.5. The Bertz CT molecular complexity index is 479. The van der Waals surface area contributed by atoms with Crippen molar-refractivity contribution in [3.63, 3.8) is 0 Å². The molecule has 0 aromatic heterocycles. The van der Waals surface area contributed by atoms with Gasteiger partial charge in [-0.1, -0.05) is 12.1 Å². The average Bonchev–Trinajstić information content (AvgIpc) is 2.51. The Balaban J connectivity index is 1.85. The molecule has 0 bridgehead atoms. The van der Waals surface area contributed by atoms with Crippen LogP contribution in [0, 0.1) is 0 Å². The minimum Gasteiger partial charge on any atom is -0.497 e. The van der Waals surface area contributed by atoms with Gasteiger partial charge in [-0.25, -0.2) is 0 Å². The van der Waals surface area contributed by atoms with E-state index in [1.165, 1.54) is 0 Å². The Kier molecular flexibility index (Phi) is 5.80. The van der Waals surface area contributed by atoms with Gasteiger partial charge in [-0.15, -0.1) is 0 Å². The molecule has 0 spiro atoms. The number of amides is 1. The third kappa shape index (κ3) is 4.45. The fourth-order valence-electron chi connectivity index (χ4n) is 2.78. The normalized spacial score (nSPS) is 23.8. The topological polar surface area (TPSA) is 50.8 Å². The van der Waals surface area contributed by atoms with Gasteiger partial charge >= 0.3 is 0 Å². The molecule has 0 unspecified atom stereocenters. The molecule has 0 radical (unpaired) electrons. The van der Waals surface area contributed by atoms with Gasteiger partial charge in [0.05, 0.1) is 25.4 Å². The molecule has 3 atom stereocenters. The molecular weight excluding hydrogens is 280 g/mol.